The number of aromatic nitrogens is 1. The Hall–Kier alpha value is -1.67. The third-order valence-corrected chi connectivity index (χ3v) is 3.92. The number of rotatable bonds is 6. The molecule has 2 rings (SSSR count). The summed E-state index contributed by atoms with van der Waals surface area (Å²) in [5.41, 5.74) is 6.47. The highest BCUT2D eigenvalue weighted by atomic mass is 14.9. The van der Waals surface area contributed by atoms with Gasteiger partial charge in [-0.3, -0.25) is 4.98 Å². The van der Waals surface area contributed by atoms with Crippen LogP contribution >= 0.6 is 0 Å². The van der Waals surface area contributed by atoms with Crippen molar-refractivity contribution in [3.63, 3.8) is 0 Å². The van der Waals surface area contributed by atoms with Gasteiger partial charge in [0, 0.05) is 6.20 Å². The molecule has 2 nitrogen and oxygen atoms in total. The molecule has 0 radical (unpaired) electrons. The van der Waals surface area contributed by atoms with Gasteiger partial charge < -0.3 is 5.32 Å². The van der Waals surface area contributed by atoms with E-state index in [9.17, 15) is 0 Å². The van der Waals surface area contributed by atoms with Crippen LogP contribution in [0, 0.1) is 13.8 Å². The van der Waals surface area contributed by atoms with Gasteiger partial charge in [0.05, 0.1) is 11.7 Å². The molecule has 2 aromatic rings. The van der Waals surface area contributed by atoms with Crippen LogP contribution in [0.3, 0.4) is 0 Å². The molecule has 0 spiro atoms. The second-order valence-electron chi connectivity index (χ2n) is 5.65. The van der Waals surface area contributed by atoms with Crippen LogP contribution in [0.1, 0.15) is 54.3 Å². The molecule has 1 aromatic heterocycles. The molecule has 0 aliphatic heterocycles. The fourth-order valence-electron chi connectivity index (χ4n) is 2.80. The van der Waals surface area contributed by atoms with E-state index in [1.54, 1.807) is 0 Å². The van der Waals surface area contributed by atoms with Gasteiger partial charge in [0.15, 0.2) is 0 Å². The third-order valence-electron chi connectivity index (χ3n) is 3.92. The molecule has 21 heavy (non-hydrogen) atoms. The summed E-state index contributed by atoms with van der Waals surface area (Å²) < 4.78 is 0. The molecule has 1 heterocycles. The van der Waals surface area contributed by atoms with Crippen molar-refractivity contribution in [2.45, 2.75) is 46.6 Å². The van der Waals surface area contributed by atoms with E-state index in [0.29, 0.717) is 0 Å². The fourth-order valence-corrected chi connectivity index (χ4v) is 2.80. The van der Waals surface area contributed by atoms with E-state index in [0.717, 1.165) is 19.4 Å². The zero-order chi connectivity index (χ0) is 15.2. The van der Waals surface area contributed by atoms with Crippen molar-refractivity contribution in [3.05, 3.63) is 64.5 Å². The first-order valence-electron chi connectivity index (χ1n) is 7.91. The molecule has 1 unspecified atom stereocenters. The number of hydrogen-bond donors (Lipinski definition) is 1. The summed E-state index contributed by atoms with van der Waals surface area (Å²) in [7, 11) is 0. The van der Waals surface area contributed by atoms with Crippen LogP contribution in [0.15, 0.2) is 36.5 Å². The van der Waals surface area contributed by atoms with Crippen LogP contribution in [-0.4, -0.2) is 11.5 Å². The minimum atomic E-state index is 0.182. The lowest BCUT2D eigenvalue weighted by Gasteiger charge is -2.23. The van der Waals surface area contributed by atoms with E-state index in [2.05, 4.69) is 62.3 Å². The van der Waals surface area contributed by atoms with Gasteiger partial charge >= 0.3 is 0 Å². The van der Waals surface area contributed by atoms with Gasteiger partial charge in [-0.15, -0.1) is 0 Å². The average molecular weight is 282 g/mol. The number of hydrogen-bond acceptors (Lipinski definition) is 2. The lowest BCUT2D eigenvalue weighted by Crippen LogP contribution is -2.26. The summed E-state index contributed by atoms with van der Waals surface area (Å²) in [4.78, 5) is 4.68. The highest BCUT2D eigenvalue weighted by molar-refractivity contribution is 5.39. The van der Waals surface area contributed by atoms with Crippen molar-refractivity contribution < 1.29 is 0 Å². The third kappa shape index (κ3) is 3.70. The smallest absolute Gasteiger partial charge is 0.0756 e. The average Bonchev–Trinajstić information content (AvgIpc) is 2.49. The van der Waals surface area contributed by atoms with Crippen LogP contribution < -0.4 is 5.32 Å². The van der Waals surface area contributed by atoms with Gasteiger partial charge in [-0.25, -0.2) is 0 Å². The second-order valence-corrected chi connectivity index (χ2v) is 5.65. The van der Waals surface area contributed by atoms with Crippen molar-refractivity contribution in [1.82, 2.24) is 10.3 Å². The van der Waals surface area contributed by atoms with Crippen LogP contribution in [0.2, 0.25) is 0 Å². The maximum absolute atomic E-state index is 4.68. The monoisotopic (exact) mass is 282 g/mol. The Morgan fingerprint density at radius 3 is 2.62 bits per heavy atom. The second kappa shape index (κ2) is 7.37. The molecular formula is C19H26N2. The van der Waals surface area contributed by atoms with Crippen LogP contribution in [-0.2, 0) is 6.42 Å². The molecule has 0 aliphatic carbocycles. The number of nitrogens with one attached hydrogen (secondary N) is 1. The maximum Gasteiger partial charge on any atom is 0.0756 e. The van der Waals surface area contributed by atoms with E-state index < -0.39 is 0 Å². The molecule has 0 saturated carbocycles. The molecule has 0 aliphatic rings. The quantitative estimate of drug-likeness (QED) is 0.852. The SMILES string of the molecule is CCCNC(c1ccc(C)cc1C)c1ncccc1CC. The molecule has 2 heteroatoms. The Kier molecular flexibility index (Phi) is 5.51. The predicted molar refractivity (Wildman–Crippen MR) is 89.7 cm³/mol. The van der Waals surface area contributed by atoms with Crippen molar-refractivity contribution in [1.29, 1.82) is 0 Å². The molecule has 1 N–H and O–H groups in total. The summed E-state index contributed by atoms with van der Waals surface area (Å²) >= 11 is 0. The molecular weight excluding hydrogens is 256 g/mol. The molecule has 1 aromatic carbocycles. The van der Waals surface area contributed by atoms with Gasteiger partial charge in [-0.05, 0) is 56.0 Å². The van der Waals surface area contributed by atoms with Gasteiger partial charge in [0.25, 0.3) is 0 Å². The summed E-state index contributed by atoms with van der Waals surface area (Å²) in [6.45, 7) is 9.73. The van der Waals surface area contributed by atoms with Crippen molar-refractivity contribution in [2.24, 2.45) is 0 Å². The summed E-state index contributed by atoms with van der Waals surface area (Å²) in [6.07, 6.45) is 4.03. The van der Waals surface area contributed by atoms with E-state index in [-0.39, 0.29) is 6.04 Å². The first-order chi connectivity index (χ1) is 10.2. The van der Waals surface area contributed by atoms with Crippen molar-refractivity contribution >= 4 is 0 Å². The lowest BCUT2D eigenvalue weighted by atomic mass is 9.93. The van der Waals surface area contributed by atoms with E-state index in [1.807, 2.05) is 12.3 Å². The zero-order valence-corrected chi connectivity index (χ0v) is 13.6. The van der Waals surface area contributed by atoms with Crippen molar-refractivity contribution in [2.75, 3.05) is 6.54 Å². The highest BCUT2D eigenvalue weighted by Crippen LogP contribution is 2.27. The first-order valence-corrected chi connectivity index (χ1v) is 7.91. The Bertz CT molecular complexity index is 590. The Morgan fingerprint density at radius 1 is 1.14 bits per heavy atom. The first kappa shape index (κ1) is 15.7. The fraction of sp³-hybridized carbons (Fsp3) is 0.421. The van der Waals surface area contributed by atoms with E-state index >= 15 is 0 Å². The number of aryl methyl sites for hydroxylation is 3. The van der Waals surface area contributed by atoms with Gasteiger partial charge in [0.1, 0.15) is 0 Å². The lowest BCUT2D eigenvalue weighted by molar-refractivity contribution is 0.579. The highest BCUT2D eigenvalue weighted by Gasteiger charge is 2.19. The molecule has 0 amide bonds. The van der Waals surface area contributed by atoms with E-state index in [1.165, 1.54) is 27.9 Å². The van der Waals surface area contributed by atoms with Gasteiger partial charge in [-0.2, -0.15) is 0 Å². The largest absolute Gasteiger partial charge is 0.305 e. The normalized spacial score (nSPS) is 12.4. The van der Waals surface area contributed by atoms with Crippen molar-refractivity contribution in [3.8, 4) is 0 Å². The molecule has 0 fully saturated rings. The molecule has 0 saturated heterocycles. The molecule has 0 bridgehead atoms. The molecule has 1 atom stereocenters. The minimum absolute atomic E-state index is 0.182. The van der Waals surface area contributed by atoms with Crippen LogP contribution in [0.4, 0.5) is 0 Å². The van der Waals surface area contributed by atoms with Crippen LogP contribution in [0.25, 0.3) is 0 Å². The zero-order valence-electron chi connectivity index (χ0n) is 13.6. The summed E-state index contributed by atoms with van der Waals surface area (Å²) in [5.74, 6) is 0. The Balaban J connectivity index is 2.47. The van der Waals surface area contributed by atoms with Crippen LogP contribution in [0.5, 0.6) is 0 Å². The molecule has 112 valence electrons. The summed E-state index contributed by atoms with van der Waals surface area (Å²) in [6, 6.07) is 11.1. The van der Waals surface area contributed by atoms with Gasteiger partial charge in [-0.1, -0.05) is 43.7 Å². The Morgan fingerprint density at radius 2 is 1.95 bits per heavy atom. The number of benzene rings is 1. The number of nitrogens with zero attached hydrogens (tertiary/aromatic N) is 1. The Labute approximate surface area is 128 Å². The number of pyridine rings is 1. The van der Waals surface area contributed by atoms with Gasteiger partial charge in [0.2, 0.25) is 0 Å². The predicted octanol–water partition coefficient (Wildman–Crippen LogP) is 4.35. The maximum atomic E-state index is 4.68. The standard InChI is InChI=1S/C19H26N2/c1-5-11-20-19(17-10-9-14(3)13-15(17)4)18-16(6-2)8-7-12-21-18/h7-10,12-13,19-20H,5-6,11H2,1-4H3. The van der Waals surface area contributed by atoms with E-state index in [4.69, 9.17) is 0 Å². The minimum Gasteiger partial charge on any atom is -0.305 e. The summed E-state index contributed by atoms with van der Waals surface area (Å²) in [5, 5.41) is 3.67. The topological polar surface area (TPSA) is 24.9 Å².